The van der Waals surface area contributed by atoms with Gasteiger partial charge in [0.25, 0.3) is 29.5 Å². The first kappa shape index (κ1) is 37.4. The van der Waals surface area contributed by atoms with Crippen LogP contribution in [-0.4, -0.2) is 58.0 Å². The van der Waals surface area contributed by atoms with Crippen LogP contribution in [0.4, 0.5) is 17.1 Å². The van der Waals surface area contributed by atoms with Crippen molar-refractivity contribution in [1.82, 2.24) is 10.9 Å². The van der Waals surface area contributed by atoms with Gasteiger partial charge in [-0.25, -0.2) is 9.80 Å². The van der Waals surface area contributed by atoms with E-state index in [1.54, 1.807) is 103 Å². The van der Waals surface area contributed by atoms with Gasteiger partial charge in [0.15, 0.2) is 23.0 Å². The van der Waals surface area contributed by atoms with E-state index < -0.39 is 29.5 Å². The molecule has 0 saturated carbocycles. The molecule has 5 amide bonds. The van der Waals surface area contributed by atoms with Crippen LogP contribution in [0.15, 0.2) is 122 Å². The van der Waals surface area contributed by atoms with Gasteiger partial charge in [-0.15, -0.1) is 0 Å². The minimum atomic E-state index is -0.618. The Morgan fingerprint density at radius 2 is 0.947 bits per heavy atom. The van der Waals surface area contributed by atoms with E-state index >= 15 is 0 Å². The number of benzene rings is 5. The Balaban J connectivity index is 1.07. The molecule has 0 radical (unpaired) electrons. The smallest absolute Gasteiger partial charge is 0.269 e. The average molecular weight is 766 g/mol. The molecule has 0 fully saturated rings. The standard InChI is InChI=1S/C43H35N5O9/c1-54-35-19-17-27(21-37(35)56-3)47-40(50)31-11-7-5-9-29(31)33(42(47)52)23-44-26-15-13-25(14-16-26)39(49)46-45-24-34-30-10-6-8-12-32(30)41(51)48(43(34)53)28-18-20-36(55-2)38(22-28)57-4/h5-24,44-45H,1-4H3,(H,46,49)/b33-23+,34-24-. The van der Waals surface area contributed by atoms with Crippen molar-refractivity contribution in [3.63, 3.8) is 0 Å². The van der Waals surface area contributed by atoms with Gasteiger partial charge in [0.05, 0.1) is 51.0 Å². The van der Waals surface area contributed by atoms with Crippen molar-refractivity contribution < 1.29 is 42.9 Å². The van der Waals surface area contributed by atoms with E-state index in [2.05, 4.69) is 16.2 Å². The normalized spacial score (nSPS) is 14.9. The number of hydrogen-bond donors (Lipinski definition) is 3. The Bertz CT molecular complexity index is 2510. The third-order valence-corrected chi connectivity index (χ3v) is 9.35. The summed E-state index contributed by atoms with van der Waals surface area (Å²) < 4.78 is 21.4. The second-order valence-electron chi connectivity index (χ2n) is 12.5. The minimum absolute atomic E-state index is 0.137. The summed E-state index contributed by atoms with van der Waals surface area (Å²) in [6, 6.07) is 29.4. The molecule has 2 aliphatic heterocycles. The van der Waals surface area contributed by atoms with Gasteiger partial charge in [0.1, 0.15) is 0 Å². The topological polar surface area (TPSA) is 165 Å². The maximum absolute atomic E-state index is 13.9. The van der Waals surface area contributed by atoms with Gasteiger partial charge < -0.3 is 29.7 Å². The number of nitrogens with one attached hydrogen (secondary N) is 3. The zero-order chi connectivity index (χ0) is 40.2. The summed E-state index contributed by atoms with van der Waals surface area (Å²) in [6.07, 6.45) is 2.84. The summed E-state index contributed by atoms with van der Waals surface area (Å²) in [5.74, 6) is -1.11. The molecule has 0 aromatic heterocycles. The summed E-state index contributed by atoms with van der Waals surface area (Å²) >= 11 is 0. The van der Waals surface area contributed by atoms with E-state index in [9.17, 15) is 24.0 Å². The van der Waals surface area contributed by atoms with E-state index in [0.29, 0.717) is 56.6 Å². The number of amides is 5. The molecule has 0 unspecified atom stereocenters. The first-order valence-corrected chi connectivity index (χ1v) is 17.4. The zero-order valence-electron chi connectivity index (χ0n) is 31.1. The zero-order valence-corrected chi connectivity index (χ0v) is 31.1. The highest BCUT2D eigenvalue weighted by Crippen LogP contribution is 2.38. The lowest BCUT2D eigenvalue weighted by Crippen LogP contribution is -2.43. The first-order chi connectivity index (χ1) is 27.7. The molecular weight excluding hydrogens is 730 g/mol. The number of methoxy groups -OCH3 is 4. The number of hydrogen-bond acceptors (Lipinski definition) is 11. The number of carbonyl (C=O) groups excluding carboxylic acids is 5. The van der Waals surface area contributed by atoms with Crippen molar-refractivity contribution in [2.24, 2.45) is 0 Å². The summed E-state index contributed by atoms with van der Waals surface area (Å²) in [7, 11) is 5.90. The third-order valence-electron chi connectivity index (χ3n) is 9.35. The van der Waals surface area contributed by atoms with Gasteiger partial charge in [-0.2, -0.15) is 0 Å². The van der Waals surface area contributed by atoms with E-state index in [0.717, 1.165) is 9.80 Å². The molecule has 57 heavy (non-hydrogen) atoms. The van der Waals surface area contributed by atoms with Gasteiger partial charge >= 0.3 is 0 Å². The molecule has 14 heteroatoms. The molecule has 0 spiro atoms. The Kier molecular flexibility index (Phi) is 10.4. The molecule has 0 saturated heterocycles. The summed E-state index contributed by atoms with van der Waals surface area (Å²) in [6.45, 7) is 0. The maximum atomic E-state index is 13.9. The fourth-order valence-electron chi connectivity index (χ4n) is 6.50. The fourth-order valence-corrected chi connectivity index (χ4v) is 6.50. The molecule has 0 aliphatic carbocycles. The van der Waals surface area contributed by atoms with Crippen LogP contribution in [0.2, 0.25) is 0 Å². The first-order valence-electron chi connectivity index (χ1n) is 17.4. The van der Waals surface area contributed by atoms with Gasteiger partial charge in [0, 0.05) is 58.0 Å². The molecule has 7 rings (SSSR count). The average Bonchev–Trinajstić information content (AvgIpc) is 3.24. The number of rotatable bonds is 11. The largest absolute Gasteiger partial charge is 0.493 e. The molecule has 14 nitrogen and oxygen atoms in total. The summed E-state index contributed by atoms with van der Waals surface area (Å²) in [4.78, 5) is 70.1. The lowest BCUT2D eigenvalue weighted by Gasteiger charge is -2.29. The lowest BCUT2D eigenvalue weighted by atomic mass is 9.93. The molecule has 2 heterocycles. The number of hydrazine groups is 1. The molecule has 5 aromatic rings. The van der Waals surface area contributed by atoms with Crippen LogP contribution in [-0.2, 0) is 9.59 Å². The van der Waals surface area contributed by atoms with Crippen LogP contribution < -0.4 is 44.9 Å². The van der Waals surface area contributed by atoms with Crippen LogP contribution in [0, 0.1) is 0 Å². The van der Waals surface area contributed by atoms with Crippen molar-refractivity contribution >= 4 is 57.7 Å². The summed E-state index contributed by atoms with van der Waals surface area (Å²) in [5, 5.41) is 3.11. The van der Waals surface area contributed by atoms with Crippen LogP contribution >= 0.6 is 0 Å². The molecule has 286 valence electrons. The van der Waals surface area contributed by atoms with Crippen LogP contribution in [0.25, 0.3) is 11.1 Å². The number of nitrogens with zero attached hydrogens (tertiary/aromatic N) is 2. The van der Waals surface area contributed by atoms with E-state index in [1.807, 2.05) is 0 Å². The molecule has 0 bridgehead atoms. The lowest BCUT2D eigenvalue weighted by molar-refractivity contribution is -0.113. The Labute approximate surface area is 326 Å². The van der Waals surface area contributed by atoms with Crippen LogP contribution in [0.5, 0.6) is 23.0 Å². The second kappa shape index (κ2) is 15.8. The van der Waals surface area contributed by atoms with Crippen molar-refractivity contribution in [2.75, 3.05) is 43.6 Å². The summed E-state index contributed by atoms with van der Waals surface area (Å²) in [5.41, 5.74) is 8.56. The predicted molar refractivity (Wildman–Crippen MR) is 212 cm³/mol. The predicted octanol–water partition coefficient (Wildman–Crippen LogP) is 5.82. The number of imide groups is 2. The van der Waals surface area contributed by atoms with Gasteiger partial charge in [0.2, 0.25) is 0 Å². The van der Waals surface area contributed by atoms with Crippen molar-refractivity contribution in [3.05, 3.63) is 149 Å². The Hall–Kier alpha value is -7.87. The highest BCUT2D eigenvalue weighted by Gasteiger charge is 2.37. The molecule has 5 aromatic carbocycles. The quantitative estimate of drug-likeness (QED) is 0.0843. The van der Waals surface area contributed by atoms with Crippen LogP contribution in [0.3, 0.4) is 0 Å². The molecular formula is C43H35N5O9. The Morgan fingerprint density at radius 1 is 0.509 bits per heavy atom. The van der Waals surface area contributed by atoms with Crippen molar-refractivity contribution in [2.45, 2.75) is 0 Å². The minimum Gasteiger partial charge on any atom is -0.493 e. The molecule has 2 aliphatic rings. The molecule has 3 N–H and O–H groups in total. The van der Waals surface area contributed by atoms with Crippen LogP contribution in [0.1, 0.15) is 42.2 Å². The number of fused-ring (bicyclic) bond motifs is 2. The highest BCUT2D eigenvalue weighted by atomic mass is 16.5. The fraction of sp³-hybridized carbons (Fsp3) is 0.0930. The van der Waals surface area contributed by atoms with Crippen molar-refractivity contribution in [1.29, 1.82) is 0 Å². The monoisotopic (exact) mass is 765 g/mol. The Morgan fingerprint density at radius 3 is 1.40 bits per heavy atom. The van der Waals surface area contributed by atoms with Gasteiger partial charge in [-0.3, -0.25) is 29.4 Å². The highest BCUT2D eigenvalue weighted by molar-refractivity contribution is 6.42. The number of anilines is 3. The van der Waals surface area contributed by atoms with Gasteiger partial charge in [-0.05, 0) is 60.7 Å². The number of ether oxygens (including phenoxy) is 4. The van der Waals surface area contributed by atoms with E-state index in [1.165, 1.54) is 46.9 Å². The SMILES string of the molecule is COc1ccc(N2C(=O)/C(=C\NNC(=O)c3ccc(N/C=C4/C(=O)N(c5ccc(OC)c(OC)c5)C(=O)c5ccccc54)cc3)c3ccccc3C2=O)cc1OC. The van der Waals surface area contributed by atoms with Crippen molar-refractivity contribution in [3.8, 4) is 23.0 Å². The maximum Gasteiger partial charge on any atom is 0.269 e. The van der Waals surface area contributed by atoms with E-state index in [-0.39, 0.29) is 22.4 Å². The second-order valence-corrected chi connectivity index (χ2v) is 12.5. The number of carbonyl (C=O) groups is 5. The van der Waals surface area contributed by atoms with Gasteiger partial charge in [-0.1, -0.05) is 36.4 Å². The molecule has 0 atom stereocenters. The van der Waals surface area contributed by atoms with E-state index in [4.69, 9.17) is 18.9 Å². The third kappa shape index (κ3) is 6.98.